The summed E-state index contributed by atoms with van der Waals surface area (Å²) in [6, 6.07) is 0.0161. The van der Waals surface area contributed by atoms with Gasteiger partial charge < -0.3 is 14.8 Å². The number of carbonyl (C=O) groups excluding carboxylic acids is 1. The molecule has 1 amide bonds. The zero-order valence-corrected chi connectivity index (χ0v) is 10.0. The summed E-state index contributed by atoms with van der Waals surface area (Å²) in [5, 5.41) is 2.79. The first kappa shape index (κ1) is 12.3. The molecule has 1 saturated heterocycles. The first-order valence-electron chi connectivity index (χ1n) is 5.49. The van der Waals surface area contributed by atoms with E-state index in [-0.39, 0.29) is 18.2 Å². The maximum absolute atomic E-state index is 11.4. The number of amides is 1. The quantitative estimate of drug-likeness (QED) is 0.767. The van der Waals surface area contributed by atoms with Crippen LogP contribution in [0.3, 0.4) is 0 Å². The van der Waals surface area contributed by atoms with Crippen LogP contribution in [0, 0.1) is 0 Å². The van der Waals surface area contributed by atoms with Gasteiger partial charge >= 0.3 is 6.09 Å². The second-order valence-corrected chi connectivity index (χ2v) is 4.99. The molecule has 4 heteroatoms. The van der Waals surface area contributed by atoms with E-state index >= 15 is 0 Å². The third-order valence-corrected chi connectivity index (χ3v) is 2.27. The van der Waals surface area contributed by atoms with Gasteiger partial charge in [0.05, 0.1) is 12.1 Å². The SMILES string of the molecule is CC(NC(=O)OC(C)(C)C)C1CCCO1. The van der Waals surface area contributed by atoms with Crippen molar-refractivity contribution in [3.63, 3.8) is 0 Å². The van der Waals surface area contributed by atoms with Gasteiger partial charge in [-0.05, 0) is 40.5 Å². The Bertz CT molecular complexity index is 216. The molecule has 15 heavy (non-hydrogen) atoms. The third-order valence-electron chi connectivity index (χ3n) is 2.27. The highest BCUT2D eigenvalue weighted by molar-refractivity contribution is 5.68. The summed E-state index contributed by atoms with van der Waals surface area (Å²) in [6.45, 7) is 8.29. The van der Waals surface area contributed by atoms with Crippen LogP contribution in [0.15, 0.2) is 0 Å². The number of carbonyl (C=O) groups is 1. The highest BCUT2D eigenvalue weighted by Crippen LogP contribution is 2.16. The molecule has 0 aromatic heterocycles. The predicted molar refractivity (Wildman–Crippen MR) is 57.8 cm³/mol. The summed E-state index contributed by atoms with van der Waals surface area (Å²) in [6.07, 6.45) is 1.85. The fourth-order valence-corrected chi connectivity index (χ4v) is 1.58. The molecule has 0 saturated carbocycles. The van der Waals surface area contributed by atoms with Crippen molar-refractivity contribution < 1.29 is 14.3 Å². The van der Waals surface area contributed by atoms with E-state index in [9.17, 15) is 4.79 Å². The van der Waals surface area contributed by atoms with Gasteiger partial charge in [-0.25, -0.2) is 4.79 Å². The number of hydrogen-bond acceptors (Lipinski definition) is 3. The minimum Gasteiger partial charge on any atom is -0.444 e. The summed E-state index contributed by atoms with van der Waals surface area (Å²) >= 11 is 0. The van der Waals surface area contributed by atoms with Gasteiger partial charge in [0, 0.05) is 6.61 Å². The lowest BCUT2D eigenvalue weighted by Crippen LogP contribution is -2.43. The molecule has 0 aromatic rings. The van der Waals surface area contributed by atoms with Gasteiger partial charge in [0.25, 0.3) is 0 Å². The summed E-state index contributed by atoms with van der Waals surface area (Å²) in [5.74, 6) is 0. The Kier molecular flexibility index (Phi) is 3.97. The average molecular weight is 215 g/mol. The molecule has 0 spiro atoms. The molecule has 2 atom stereocenters. The van der Waals surface area contributed by atoms with Crippen LogP contribution in [0.2, 0.25) is 0 Å². The van der Waals surface area contributed by atoms with Gasteiger partial charge in [-0.15, -0.1) is 0 Å². The molecular formula is C11H21NO3. The van der Waals surface area contributed by atoms with Crippen LogP contribution in [-0.2, 0) is 9.47 Å². The van der Waals surface area contributed by atoms with E-state index in [1.807, 2.05) is 27.7 Å². The Morgan fingerprint density at radius 2 is 2.20 bits per heavy atom. The summed E-state index contributed by atoms with van der Waals surface area (Å²) in [5.41, 5.74) is -0.444. The highest BCUT2D eigenvalue weighted by Gasteiger charge is 2.25. The topological polar surface area (TPSA) is 47.6 Å². The van der Waals surface area contributed by atoms with Gasteiger partial charge in [0.2, 0.25) is 0 Å². The molecule has 1 N–H and O–H groups in total. The molecule has 0 aromatic carbocycles. The van der Waals surface area contributed by atoms with Gasteiger partial charge in [-0.2, -0.15) is 0 Å². The number of alkyl carbamates (subject to hydrolysis) is 1. The molecule has 88 valence electrons. The van der Waals surface area contributed by atoms with Crippen molar-refractivity contribution in [1.82, 2.24) is 5.32 Å². The van der Waals surface area contributed by atoms with E-state index in [2.05, 4.69) is 5.32 Å². The lowest BCUT2D eigenvalue weighted by atomic mass is 10.1. The van der Waals surface area contributed by atoms with Gasteiger partial charge in [0.15, 0.2) is 0 Å². The molecule has 1 heterocycles. The molecule has 1 aliphatic rings. The van der Waals surface area contributed by atoms with Crippen LogP contribution in [0.25, 0.3) is 0 Å². The van der Waals surface area contributed by atoms with Crippen LogP contribution in [0.4, 0.5) is 4.79 Å². The lowest BCUT2D eigenvalue weighted by Gasteiger charge is -2.24. The summed E-state index contributed by atoms with van der Waals surface area (Å²) in [4.78, 5) is 11.4. The number of hydrogen-bond donors (Lipinski definition) is 1. The van der Waals surface area contributed by atoms with Gasteiger partial charge in [-0.3, -0.25) is 0 Å². The smallest absolute Gasteiger partial charge is 0.407 e. The Balaban J connectivity index is 2.30. The van der Waals surface area contributed by atoms with Crippen molar-refractivity contribution in [2.75, 3.05) is 6.61 Å². The number of rotatable bonds is 2. The van der Waals surface area contributed by atoms with Crippen LogP contribution in [-0.4, -0.2) is 30.4 Å². The molecule has 1 aliphatic heterocycles. The van der Waals surface area contributed by atoms with Crippen molar-refractivity contribution in [1.29, 1.82) is 0 Å². The Morgan fingerprint density at radius 1 is 1.53 bits per heavy atom. The highest BCUT2D eigenvalue weighted by atomic mass is 16.6. The molecular weight excluding hydrogens is 194 g/mol. The molecule has 0 aliphatic carbocycles. The Hall–Kier alpha value is -0.770. The standard InChI is InChI=1S/C11H21NO3/c1-8(9-6-5-7-14-9)12-10(13)15-11(2,3)4/h8-9H,5-7H2,1-4H3,(H,12,13). The van der Waals surface area contributed by atoms with E-state index in [1.165, 1.54) is 0 Å². The van der Waals surface area contributed by atoms with Crippen LogP contribution < -0.4 is 5.32 Å². The number of ether oxygens (including phenoxy) is 2. The predicted octanol–water partition coefficient (Wildman–Crippen LogP) is 2.08. The van der Waals surface area contributed by atoms with Gasteiger partial charge in [0.1, 0.15) is 5.60 Å². The maximum atomic E-state index is 11.4. The third kappa shape index (κ3) is 4.51. The monoisotopic (exact) mass is 215 g/mol. The van der Waals surface area contributed by atoms with E-state index in [0.29, 0.717) is 0 Å². The van der Waals surface area contributed by atoms with Crippen LogP contribution >= 0.6 is 0 Å². The first-order valence-corrected chi connectivity index (χ1v) is 5.49. The van der Waals surface area contributed by atoms with E-state index in [0.717, 1.165) is 19.4 Å². The molecule has 1 rings (SSSR count). The first-order chi connectivity index (χ1) is 6.88. The second-order valence-electron chi connectivity index (χ2n) is 4.99. The minimum atomic E-state index is -0.444. The van der Waals surface area contributed by atoms with Crippen LogP contribution in [0.5, 0.6) is 0 Å². The second kappa shape index (κ2) is 4.84. The molecule has 0 bridgehead atoms. The zero-order chi connectivity index (χ0) is 11.5. The largest absolute Gasteiger partial charge is 0.444 e. The van der Waals surface area contributed by atoms with Crippen molar-refractivity contribution in [3.05, 3.63) is 0 Å². The van der Waals surface area contributed by atoms with E-state index in [4.69, 9.17) is 9.47 Å². The van der Waals surface area contributed by atoms with Crippen LogP contribution in [0.1, 0.15) is 40.5 Å². The van der Waals surface area contributed by atoms with E-state index in [1.54, 1.807) is 0 Å². The fraction of sp³-hybridized carbons (Fsp3) is 0.909. The molecule has 4 nitrogen and oxygen atoms in total. The Morgan fingerprint density at radius 3 is 2.67 bits per heavy atom. The van der Waals surface area contributed by atoms with Crippen molar-refractivity contribution in [2.45, 2.75) is 58.3 Å². The molecule has 0 radical (unpaired) electrons. The van der Waals surface area contributed by atoms with E-state index < -0.39 is 5.60 Å². The van der Waals surface area contributed by atoms with Crippen molar-refractivity contribution in [2.24, 2.45) is 0 Å². The normalized spacial score (nSPS) is 23.6. The summed E-state index contributed by atoms with van der Waals surface area (Å²) in [7, 11) is 0. The zero-order valence-electron chi connectivity index (χ0n) is 10.0. The number of nitrogens with one attached hydrogen (secondary N) is 1. The molecule has 2 unspecified atom stereocenters. The minimum absolute atomic E-state index is 0.0161. The summed E-state index contributed by atoms with van der Waals surface area (Å²) < 4.78 is 10.6. The van der Waals surface area contributed by atoms with Crippen molar-refractivity contribution in [3.8, 4) is 0 Å². The average Bonchev–Trinajstić information content (AvgIpc) is 2.50. The van der Waals surface area contributed by atoms with Gasteiger partial charge in [-0.1, -0.05) is 0 Å². The fourth-order valence-electron chi connectivity index (χ4n) is 1.58. The Labute approximate surface area is 91.3 Å². The lowest BCUT2D eigenvalue weighted by molar-refractivity contribution is 0.0388. The van der Waals surface area contributed by atoms with Crippen molar-refractivity contribution >= 4 is 6.09 Å². The maximum Gasteiger partial charge on any atom is 0.407 e. The molecule has 1 fully saturated rings.